The van der Waals surface area contributed by atoms with Gasteiger partial charge in [-0.2, -0.15) is 13.2 Å². The van der Waals surface area contributed by atoms with E-state index in [1.54, 1.807) is 0 Å². The summed E-state index contributed by atoms with van der Waals surface area (Å²) < 4.78 is 42.8. The third-order valence-corrected chi connectivity index (χ3v) is 3.75. The SMILES string of the molecule is FC(F)(F)c1cnc(OCCC[C@H]2CCCCN2)c(Cl)c1. The van der Waals surface area contributed by atoms with E-state index in [0.29, 0.717) is 12.6 Å². The van der Waals surface area contributed by atoms with Gasteiger partial charge in [-0.1, -0.05) is 18.0 Å². The summed E-state index contributed by atoms with van der Waals surface area (Å²) in [5, 5.41) is 3.32. The second-order valence-corrected chi connectivity index (χ2v) is 5.55. The third-order valence-electron chi connectivity index (χ3n) is 3.48. The highest BCUT2D eigenvalue weighted by molar-refractivity contribution is 6.31. The Hall–Kier alpha value is -1.01. The number of aromatic nitrogens is 1. The van der Waals surface area contributed by atoms with Gasteiger partial charge in [-0.05, 0) is 38.3 Å². The van der Waals surface area contributed by atoms with E-state index < -0.39 is 11.7 Å². The Morgan fingerprint density at radius 2 is 2.19 bits per heavy atom. The van der Waals surface area contributed by atoms with Gasteiger partial charge in [-0.25, -0.2) is 4.98 Å². The molecule has 0 bridgehead atoms. The molecule has 1 fully saturated rings. The van der Waals surface area contributed by atoms with Crippen molar-refractivity contribution in [2.75, 3.05) is 13.2 Å². The van der Waals surface area contributed by atoms with Gasteiger partial charge in [0.05, 0.1) is 12.2 Å². The molecule has 1 aliphatic rings. The van der Waals surface area contributed by atoms with Crippen molar-refractivity contribution in [3.8, 4) is 5.88 Å². The molecule has 1 aromatic rings. The van der Waals surface area contributed by atoms with E-state index in [0.717, 1.165) is 31.6 Å². The van der Waals surface area contributed by atoms with Gasteiger partial charge in [0.25, 0.3) is 0 Å². The molecule has 0 aromatic carbocycles. The fourth-order valence-corrected chi connectivity index (χ4v) is 2.58. The lowest BCUT2D eigenvalue weighted by molar-refractivity contribution is -0.137. The molecule has 1 N–H and O–H groups in total. The summed E-state index contributed by atoms with van der Waals surface area (Å²) in [5.74, 6) is 0.0567. The van der Waals surface area contributed by atoms with Gasteiger partial charge in [0, 0.05) is 12.2 Å². The summed E-state index contributed by atoms with van der Waals surface area (Å²) >= 11 is 5.76. The number of hydrogen-bond acceptors (Lipinski definition) is 3. The van der Waals surface area contributed by atoms with Crippen molar-refractivity contribution in [3.05, 3.63) is 22.8 Å². The average Bonchev–Trinajstić information content (AvgIpc) is 2.45. The number of hydrogen-bond donors (Lipinski definition) is 1. The Morgan fingerprint density at radius 1 is 1.38 bits per heavy atom. The molecule has 1 saturated heterocycles. The van der Waals surface area contributed by atoms with Crippen molar-refractivity contribution in [2.24, 2.45) is 0 Å². The van der Waals surface area contributed by atoms with Crippen molar-refractivity contribution in [1.82, 2.24) is 10.3 Å². The largest absolute Gasteiger partial charge is 0.477 e. The number of rotatable bonds is 5. The predicted molar refractivity (Wildman–Crippen MR) is 74.6 cm³/mol. The summed E-state index contributed by atoms with van der Waals surface area (Å²) in [6.45, 7) is 1.45. The molecular formula is C14H18ClF3N2O. The predicted octanol–water partition coefficient (Wildman–Crippen LogP) is 4.05. The summed E-state index contributed by atoms with van der Waals surface area (Å²) in [7, 11) is 0. The monoisotopic (exact) mass is 322 g/mol. The van der Waals surface area contributed by atoms with E-state index in [1.165, 1.54) is 19.3 Å². The number of nitrogens with zero attached hydrogens (tertiary/aromatic N) is 1. The summed E-state index contributed by atoms with van der Waals surface area (Å²) in [6.07, 6.45) is 1.73. The van der Waals surface area contributed by atoms with Gasteiger partial charge in [-0.3, -0.25) is 0 Å². The minimum atomic E-state index is -4.44. The fraction of sp³-hybridized carbons (Fsp3) is 0.643. The smallest absolute Gasteiger partial charge is 0.417 e. The highest BCUT2D eigenvalue weighted by Gasteiger charge is 2.31. The molecule has 118 valence electrons. The highest BCUT2D eigenvalue weighted by atomic mass is 35.5. The zero-order valence-corrected chi connectivity index (χ0v) is 12.3. The van der Waals surface area contributed by atoms with Gasteiger partial charge in [0.1, 0.15) is 5.02 Å². The van der Waals surface area contributed by atoms with Crippen LogP contribution in [0.15, 0.2) is 12.3 Å². The van der Waals surface area contributed by atoms with Crippen LogP contribution in [0.2, 0.25) is 5.02 Å². The van der Waals surface area contributed by atoms with Crippen LogP contribution >= 0.6 is 11.6 Å². The number of alkyl halides is 3. The minimum absolute atomic E-state index is 0.0567. The van der Waals surface area contributed by atoms with Crippen LogP contribution in [0.5, 0.6) is 5.88 Å². The Kier molecular flexibility index (Phi) is 5.70. The maximum Gasteiger partial charge on any atom is 0.417 e. The molecule has 2 rings (SSSR count). The molecule has 1 atom stereocenters. The fourth-order valence-electron chi connectivity index (χ4n) is 2.36. The van der Waals surface area contributed by atoms with Gasteiger partial charge in [0.2, 0.25) is 5.88 Å². The molecule has 0 radical (unpaired) electrons. The third kappa shape index (κ3) is 5.04. The number of halogens is 4. The number of pyridine rings is 1. The highest BCUT2D eigenvalue weighted by Crippen LogP contribution is 2.33. The quantitative estimate of drug-likeness (QED) is 0.830. The second-order valence-electron chi connectivity index (χ2n) is 5.15. The van der Waals surface area contributed by atoms with Gasteiger partial charge in [0.15, 0.2) is 0 Å². The zero-order valence-electron chi connectivity index (χ0n) is 11.5. The van der Waals surface area contributed by atoms with Crippen LogP contribution in [0.4, 0.5) is 13.2 Å². The lowest BCUT2D eigenvalue weighted by Crippen LogP contribution is -2.34. The van der Waals surface area contributed by atoms with Crippen LogP contribution in [0, 0.1) is 0 Å². The van der Waals surface area contributed by atoms with Crippen LogP contribution < -0.4 is 10.1 Å². The molecule has 0 unspecified atom stereocenters. The van der Waals surface area contributed by atoms with Crippen molar-refractivity contribution in [1.29, 1.82) is 0 Å². The van der Waals surface area contributed by atoms with Crippen molar-refractivity contribution < 1.29 is 17.9 Å². The second kappa shape index (κ2) is 7.31. The van der Waals surface area contributed by atoms with E-state index in [4.69, 9.17) is 16.3 Å². The Labute approximate surface area is 126 Å². The number of piperidine rings is 1. The molecule has 0 spiro atoms. The Balaban J connectivity index is 1.78. The van der Waals surface area contributed by atoms with Crippen LogP contribution in [0.3, 0.4) is 0 Å². The maximum atomic E-state index is 12.5. The standard InChI is InChI=1S/C14H18ClF3N2O/c15-12-8-10(14(16,17)18)9-20-13(12)21-7-3-5-11-4-1-2-6-19-11/h8-9,11,19H,1-7H2/t11-/m1/s1. The first-order valence-corrected chi connectivity index (χ1v) is 7.43. The molecule has 21 heavy (non-hydrogen) atoms. The number of nitrogens with one attached hydrogen (secondary N) is 1. The maximum absolute atomic E-state index is 12.5. The number of ether oxygens (including phenoxy) is 1. The van der Waals surface area contributed by atoms with Crippen LogP contribution in [-0.4, -0.2) is 24.2 Å². The molecule has 1 aliphatic heterocycles. The summed E-state index contributed by atoms with van der Waals surface area (Å²) in [5.41, 5.74) is -0.869. The minimum Gasteiger partial charge on any atom is -0.477 e. The molecule has 1 aromatic heterocycles. The molecule has 0 aliphatic carbocycles. The molecule has 7 heteroatoms. The average molecular weight is 323 g/mol. The lowest BCUT2D eigenvalue weighted by Gasteiger charge is -2.23. The van der Waals surface area contributed by atoms with E-state index >= 15 is 0 Å². The van der Waals surface area contributed by atoms with E-state index in [2.05, 4.69) is 10.3 Å². The zero-order chi connectivity index (χ0) is 15.3. The van der Waals surface area contributed by atoms with Gasteiger partial charge in [-0.15, -0.1) is 0 Å². The molecule has 3 nitrogen and oxygen atoms in total. The van der Waals surface area contributed by atoms with Crippen LogP contribution in [0.1, 0.15) is 37.7 Å². The molecule has 2 heterocycles. The first-order valence-electron chi connectivity index (χ1n) is 7.06. The molecule has 0 amide bonds. The normalized spacial score (nSPS) is 19.5. The molecule has 0 saturated carbocycles. The van der Waals surface area contributed by atoms with Crippen molar-refractivity contribution in [2.45, 2.75) is 44.3 Å². The van der Waals surface area contributed by atoms with Crippen LogP contribution in [-0.2, 0) is 6.18 Å². The molecular weight excluding hydrogens is 305 g/mol. The lowest BCUT2D eigenvalue weighted by atomic mass is 10.0. The van der Waals surface area contributed by atoms with Crippen molar-refractivity contribution >= 4 is 11.6 Å². The van der Waals surface area contributed by atoms with Crippen LogP contribution in [0.25, 0.3) is 0 Å². The van der Waals surface area contributed by atoms with Gasteiger partial charge < -0.3 is 10.1 Å². The van der Waals surface area contributed by atoms with E-state index in [9.17, 15) is 13.2 Å². The first-order chi connectivity index (χ1) is 9.97. The summed E-state index contributed by atoms with van der Waals surface area (Å²) in [6, 6.07) is 1.35. The first kappa shape index (κ1) is 16.4. The van der Waals surface area contributed by atoms with Crippen molar-refractivity contribution in [3.63, 3.8) is 0 Å². The van der Waals surface area contributed by atoms with Gasteiger partial charge >= 0.3 is 6.18 Å². The van der Waals surface area contributed by atoms with E-state index in [1.807, 2.05) is 0 Å². The summed E-state index contributed by atoms with van der Waals surface area (Å²) in [4.78, 5) is 3.64. The Morgan fingerprint density at radius 3 is 2.81 bits per heavy atom. The topological polar surface area (TPSA) is 34.1 Å². The Bertz CT molecular complexity index is 462. The van der Waals surface area contributed by atoms with E-state index in [-0.39, 0.29) is 10.9 Å².